The normalized spacial score (nSPS) is 28.3. The maximum absolute atomic E-state index is 11.8. The van der Waals surface area contributed by atoms with E-state index in [1.54, 1.807) is 20.2 Å². The van der Waals surface area contributed by atoms with E-state index in [0.29, 0.717) is 22.4 Å². The van der Waals surface area contributed by atoms with Gasteiger partial charge in [-0.1, -0.05) is 0 Å². The lowest BCUT2D eigenvalue weighted by Gasteiger charge is -2.21. The molecule has 122 valence electrons. The number of aromatic nitrogens is 2. The Balaban J connectivity index is 2.05. The van der Waals surface area contributed by atoms with Crippen LogP contribution in [0.5, 0.6) is 11.8 Å². The second kappa shape index (κ2) is 4.00. The quantitative estimate of drug-likeness (QED) is 0.845. The monoisotopic (exact) mass is 316 g/mol. The third-order valence-corrected chi connectivity index (χ3v) is 5.36. The van der Waals surface area contributed by atoms with Crippen LogP contribution in [0.15, 0.2) is 17.1 Å². The van der Waals surface area contributed by atoms with Gasteiger partial charge in [0, 0.05) is 19.3 Å². The van der Waals surface area contributed by atoms with E-state index in [-0.39, 0.29) is 17.3 Å². The summed E-state index contributed by atoms with van der Waals surface area (Å²) in [6.07, 6.45) is 3.24. The largest absolute Gasteiger partial charge is 0.494 e. The molecule has 0 spiro atoms. The molecule has 2 aliphatic heterocycles. The molecule has 0 saturated carbocycles. The molecule has 2 aliphatic rings. The highest BCUT2D eigenvalue weighted by molar-refractivity contribution is 5.61. The van der Waals surface area contributed by atoms with E-state index in [1.165, 1.54) is 15.2 Å². The lowest BCUT2D eigenvalue weighted by atomic mass is 9.80. The van der Waals surface area contributed by atoms with Crippen molar-refractivity contribution in [2.24, 2.45) is 7.05 Å². The van der Waals surface area contributed by atoms with Crippen LogP contribution in [0.2, 0.25) is 0 Å². The summed E-state index contributed by atoms with van der Waals surface area (Å²) >= 11 is 0. The summed E-state index contributed by atoms with van der Waals surface area (Å²) in [5.41, 5.74) is 1.32. The van der Waals surface area contributed by atoms with Crippen molar-refractivity contribution >= 4 is 0 Å². The Kier molecular flexibility index (Phi) is 2.50. The lowest BCUT2D eigenvalue weighted by molar-refractivity contribution is -0.0683. The maximum atomic E-state index is 11.8. The Hall–Kier alpha value is -2.21. The average Bonchev–Trinajstić information content (AvgIpc) is 3.00. The molecule has 6 heteroatoms. The summed E-state index contributed by atoms with van der Waals surface area (Å²) in [6, 6.07) is 1.49. The molecule has 0 amide bonds. The molecule has 4 heterocycles. The fourth-order valence-corrected chi connectivity index (χ4v) is 4.15. The van der Waals surface area contributed by atoms with Gasteiger partial charge < -0.3 is 19.5 Å². The highest BCUT2D eigenvalue weighted by Gasteiger charge is 2.59. The van der Waals surface area contributed by atoms with E-state index in [9.17, 15) is 15.0 Å². The molecule has 2 bridgehead atoms. The minimum atomic E-state index is -0.578. The summed E-state index contributed by atoms with van der Waals surface area (Å²) in [5, 5.41) is 21.6. The van der Waals surface area contributed by atoms with Crippen LogP contribution in [0.1, 0.15) is 43.4 Å². The third-order valence-electron chi connectivity index (χ3n) is 5.36. The molecule has 6 nitrogen and oxygen atoms in total. The summed E-state index contributed by atoms with van der Waals surface area (Å²) < 4.78 is 8.95. The van der Waals surface area contributed by atoms with Gasteiger partial charge in [-0.3, -0.25) is 4.79 Å². The van der Waals surface area contributed by atoms with Crippen molar-refractivity contribution in [2.75, 3.05) is 0 Å². The number of fused-ring (bicyclic) bond motifs is 5. The average molecular weight is 316 g/mol. The van der Waals surface area contributed by atoms with Gasteiger partial charge >= 0.3 is 0 Å². The van der Waals surface area contributed by atoms with Gasteiger partial charge in [-0.25, -0.2) is 4.57 Å². The third kappa shape index (κ3) is 1.59. The molecule has 0 unspecified atom stereocenters. The van der Waals surface area contributed by atoms with Gasteiger partial charge in [0.2, 0.25) is 11.8 Å². The topological polar surface area (TPSA) is 76.6 Å². The Morgan fingerprint density at radius 1 is 1.13 bits per heavy atom. The Morgan fingerprint density at radius 3 is 2.17 bits per heavy atom. The zero-order valence-corrected chi connectivity index (χ0v) is 13.7. The van der Waals surface area contributed by atoms with Crippen molar-refractivity contribution in [1.82, 2.24) is 9.13 Å². The lowest BCUT2D eigenvalue weighted by Crippen LogP contribution is -2.19. The van der Waals surface area contributed by atoms with E-state index in [1.807, 2.05) is 13.8 Å². The van der Waals surface area contributed by atoms with Crippen molar-refractivity contribution in [1.29, 1.82) is 0 Å². The second-order valence-corrected chi connectivity index (χ2v) is 7.09. The molecule has 2 atom stereocenters. The smallest absolute Gasteiger partial charge is 0.250 e. The van der Waals surface area contributed by atoms with Crippen molar-refractivity contribution < 1.29 is 14.9 Å². The molecule has 2 N–H and O–H groups in total. The number of nitrogens with zero attached hydrogens (tertiary/aromatic N) is 2. The predicted molar refractivity (Wildman–Crippen MR) is 84.1 cm³/mol. The van der Waals surface area contributed by atoms with Gasteiger partial charge in [0.1, 0.15) is 0 Å². The van der Waals surface area contributed by atoms with E-state index in [4.69, 9.17) is 4.74 Å². The molecular weight excluding hydrogens is 296 g/mol. The van der Waals surface area contributed by atoms with Crippen LogP contribution in [0.25, 0.3) is 5.69 Å². The molecule has 1 saturated heterocycles. The van der Waals surface area contributed by atoms with Crippen molar-refractivity contribution in [3.63, 3.8) is 0 Å². The molecule has 0 aromatic carbocycles. The summed E-state index contributed by atoms with van der Waals surface area (Å²) in [6.45, 7) is 5.68. The van der Waals surface area contributed by atoms with E-state index in [2.05, 4.69) is 0 Å². The molecular formula is C17H20N2O4. The van der Waals surface area contributed by atoms with Crippen LogP contribution in [0.3, 0.4) is 0 Å². The van der Waals surface area contributed by atoms with Gasteiger partial charge in [0.25, 0.3) is 5.56 Å². The standard InChI is InChI=1S/C17H20N2O4/c1-9-7-11(20)18(4)8-10(9)19-14(21)12-13(15(19)22)17(3)6-5-16(12,2)23-17/h7-8,21-22H,5-6H2,1-4H3/t16-,17+. The molecule has 2 aromatic heterocycles. The molecule has 0 radical (unpaired) electrons. The van der Waals surface area contributed by atoms with Crippen LogP contribution in [-0.4, -0.2) is 19.3 Å². The Morgan fingerprint density at radius 2 is 1.65 bits per heavy atom. The molecule has 2 aromatic rings. The van der Waals surface area contributed by atoms with Crippen LogP contribution in [0, 0.1) is 6.92 Å². The fraction of sp³-hybridized carbons (Fsp3) is 0.471. The van der Waals surface area contributed by atoms with Gasteiger partial charge in [-0.2, -0.15) is 0 Å². The van der Waals surface area contributed by atoms with Crippen molar-refractivity contribution in [3.05, 3.63) is 39.3 Å². The summed E-state index contributed by atoms with van der Waals surface area (Å²) in [5.74, 6) is -0.0182. The first kappa shape index (κ1) is 14.4. The first-order valence-corrected chi connectivity index (χ1v) is 7.73. The fourth-order valence-electron chi connectivity index (χ4n) is 4.15. The van der Waals surface area contributed by atoms with Crippen LogP contribution in [-0.2, 0) is 23.0 Å². The van der Waals surface area contributed by atoms with Crippen molar-refractivity contribution in [2.45, 2.75) is 44.8 Å². The first-order valence-electron chi connectivity index (χ1n) is 7.73. The number of aryl methyl sites for hydroxylation is 2. The molecule has 1 fully saturated rings. The predicted octanol–water partition coefficient (Wildman–Crippen LogP) is 2.15. The first-order chi connectivity index (χ1) is 10.7. The number of pyridine rings is 1. The van der Waals surface area contributed by atoms with E-state index < -0.39 is 11.2 Å². The Labute approximate surface area is 133 Å². The maximum Gasteiger partial charge on any atom is 0.250 e. The minimum absolute atomic E-state index is 0.00910. The van der Waals surface area contributed by atoms with Crippen molar-refractivity contribution in [3.8, 4) is 17.4 Å². The van der Waals surface area contributed by atoms with Gasteiger partial charge in [-0.15, -0.1) is 0 Å². The van der Waals surface area contributed by atoms with Gasteiger partial charge in [0.05, 0.1) is 28.0 Å². The van der Waals surface area contributed by atoms with Gasteiger partial charge in [-0.05, 0) is 39.2 Å². The number of ether oxygens (including phenoxy) is 1. The number of aromatic hydroxyl groups is 2. The highest BCUT2D eigenvalue weighted by Crippen LogP contribution is 2.64. The summed E-state index contributed by atoms with van der Waals surface area (Å²) in [4.78, 5) is 11.8. The van der Waals surface area contributed by atoms with E-state index in [0.717, 1.165) is 12.8 Å². The van der Waals surface area contributed by atoms with Gasteiger partial charge in [0.15, 0.2) is 0 Å². The SMILES string of the molecule is Cc1cc(=O)n(C)cc1-n1c(O)c2c(c1O)[C@]1(C)CC[C@@]2(C)O1. The van der Waals surface area contributed by atoms with E-state index >= 15 is 0 Å². The number of hydrogen-bond acceptors (Lipinski definition) is 4. The minimum Gasteiger partial charge on any atom is -0.494 e. The zero-order valence-electron chi connectivity index (χ0n) is 13.7. The molecule has 0 aliphatic carbocycles. The summed E-state index contributed by atoms with van der Waals surface area (Å²) in [7, 11) is 1.64. The molecule has 4 rings (SSSR count). The Bertz CT molecular complexity index is 871. The van der Waals surface area contributed by atoms with Crippen LogP contribution < -0.4 is 5.56 Å². The number of hydrogen-bond donors (Lipinski definition) is 2. The van der Waals surface area contributed by atoms with Crippen LogP contribution >= 0.6 is 0 Å². The van der Waals surface area contributed by atoms with Crippen LogP contribution in [0.4, 0.5) is 0 Å². The zero-order chi connectivity index (χ0) is 16.7. The highest BCUT2D eigenvalue weighted by atomic mass is 16.5. The number of rotatable bonds is 1. The second-order valence-electron chi connectivity index (χ2n) is 7.09. The molecule has 23 heavy (non-hydrogen) atoms.